The molecule has 0 saturated heterocycles. The highest BCUT2D eigenvalue weighted by Gasteiger charge is 2.20. The lowest BCUT2D eigenvalue weighted by molar-refractivity contribution is 0.284. The summed E-state index contributed by atoms with van der Waals surface area (Å²) in [7, 11) is 1.64. The van der Waals surface area contributed by atoms with Gasteiger partial charge >= 0.3 is 0 Å². The average molecular weight is 425 g/mol. The number of aryl methyl sites for hydroxylation is 2. The van der Waals surface area contributed by atoms with E-state index in [1.165, 1.54) is 5.56 Å². The number of fused-ring (bicyclic) bond motifs is 3. The zero-order chi connectivity index (χ0) is 22.1. The Bertz CT molecular complexity index is 1380. The van der Waals surface area contributed by atoms with Crippen molar-refractivity contribution in [3.8, 4) is 11.5 Å². The summed E-state index contributed by atoms with van der Waals surface area (Å²) < 4.78 is 13.7. The Labute approximate surface area is 186 Å². The predicted molar refractivity (Wildman–Crippen MR) is 127 cm³/mol. The van der Waals surface area contributed by atoms with E-state index in [-0.39, 0.29) is 5.56 Å². The van der Waals surface area contributed by atoms with E-state index in [1.54, 1.807) is 7.11 Å². The Balaban J connectivity index is 1.47. The van der Waals surface area contributed by atoms with Gasteiger partial charge in [0.15, 0.2) is 11.5 Å². The molecule has 5 rings (SSSR count). The van der Waals surface area contributed by atoms with Crippen LogP contribution >= 0.6 is 0 Å². The third kappa shape index (κ3) is 3.78. The van der Waals surface area contributed by atoms with E-state index < -0.39 is 0 Å². The van der Waals surface area contributed by atoms with Gasteiger partial charge in [0.1, 0.15) is 12.4 Å². The highest BCUT2D eigenvalue weighted by molar-refractivity contribution is 5.86. The van der Waals surface area contributed by atoms with Gasteiger partial charge in [0.25, 0.3) is 5.56 Å². The smallest absolute Gasteiger partial charge is 0.281 e. The van der Waals surface area contributed by atoms with Crippen molar-refractivity contribution in [2.45, 2.75) is 26.5 Å². The van der Waals surface area contributed by atoms with E-state index in [0.29, 0.717) is 23.5 Å². The molecule has 160 valence electrons. The van der Waals surface area contributed by atoms with Crippen LogP contribution in [-0.2, 0) is 13.2 Å². The van der Waals surface area contributed by atoms with Crippen molar-refractivity contribution >= 4 is 22.6 Å². The number of methoxy groups -OCH3 is 1. The van der Waals surface area contributed by atoms with Crippen molar-refractivity contribution < 1.29 is 9.47 Å². The van der Waals surface area contributed by atoms with Gasteiger partial charge in [0.2, 0.25) is 0 Å². The van der Waals surface area contributed by atoms with Crippen LogP contribution in [0.15, 0.2) is 71.5 Å². The molecule has 0 radical (unpaired) electrons. The van der Waals surface area contributed by atoms with Gasteiger partial charge in [-0.1, -0.05) is 48.0 Å². The molecule has 1 aliphatic rings. The zero-order valence-electron chi connectivity index (χ0n) is 18.2. The van der Waals surface area contributed by atoms with Crippen LogP contribution in [0.3, 0.4) is 0 Å². The van der Waals surface area contributed by atoms with Crippen LogP contribution in [0.1, 0.15) is 28.9 Å². The van der Waals surface area contributed by atoms with E-state index in [1.807, 2.05) is 42.5 Å². The first kappa shape index (κ1) is 20.1. The standard InChI is InChI=1S/C27H24N2O3/c1-18-7-9-19(10-8-18)17-32-25-16-20(11-12-24(25)31-2)15-21-13-14-29-23-6-4-3-5-22(23)27(30)28-26(21)29/h3-12,15-16H,13-14,17H2,1-2H3. The Hall–Kier alpha value is -3.86. The number of benzene rings is 3. The quantitative estimate of drug-likeness (QED) is 0.440. The highest BCUT2D eigenvalue weighted by atomic mass is 16.5. The van der Waals surface area contributed by atoms with E-state index in [0.717, 1.165) is 41.0 Å². The van der Waals surface area contributed by atoms with Gasteiger partial charge in [-0.2, -0.15) is 4.98 Å². The lowest BCUT2D eigenvalue weighted by Gasteiger charge is -2.12. The van der Waals surface area contributed by atoms with Crippen molar-refractivity contribution in [1.29, 1.82) is 0 Å². The number of rotatable bonds is 5. The van der Waals surface area contributed by atoms with Gasteiger partial charge in [-0.15, -0.1) is 0 Å². The molecule has 0 amide bonds. The molecular weight excluding hydrogens is 400 g/mol. The Morgan fingerprint density at radius 1 is 1.03 bits per heavy atom. The lowest BCUT2D eigenvalue weighted by Crippen LogP contribution is -2.14. The molecule has 1 aromatic heterocycles. The maximum Gasteiger partial charge on any atom is 0.281 e. The molecule has 0 fully saturated rings. The number of nitrogens with zero attached hydrogens (tertiary/aromatic N) is 2. The van der Waals surface area contributed by atoms with Gasteiger partial charge in [0, 0.05) is 6.54 Å². The molecule has 5 heteroatoms. The van der Waals surface area contributed by atoms with E-state index in [9.17, 15) is 4.79 Å². The monoisotopic (exact) mass is 424 g/mol. The minimum atomic E-state index is -0.184. The average Bonchev–Trinajstić information content (AvgIpc) is 3.21. The fourth-order valence-corrected chi connectivity index (χ4v) is 4.12. The predicted octanol–water partition coefficient (Wildman–Crippen LogP) is 5.24. The fraction of sp³-hybridized carbons (Fsp3) is 0.185. The van der Waals surface area contributed by atoms with Crippen molar-refractivity contribution in [3.05, 3.63) is 99.6 Å². The normalized spacial score (nSPS) is 14.0. The Morgan fingerprint density at radius 3 is 2.66 bits per heavy atom. The molecular formula is C27H24N2O3. The second kappa shape index (κ2) is 8.35. The van der Waals surface area contributed by atoms with E-state index in [4.69, 9.17) is 9.47 Å². The number of hydrogen-bond donors (Lipinski definition) is 0. The molecule has 0 aliphatic carbocycles. The van der Waals surface area contributed by atoms with Gasteiger partial charge in [-0.3, -0.25) is 4.79 Å². The largest absolute Gasteiger partial charge is 0.493 e. The lowest BCUT2D eigenvalue weighted by atomic mass is 10.1. The third-order valence-electron chi connectivity index (χ3n) is 5.82. The molecule has 4 aromatic rings. The maximum absolute atomic E-state index is 12.5. The molecule has 0 atom stereocenters. The number of ether oxygens (including phenoxy) is 2. The molecule has 2 heterocycles. The van der Waals surface area contributed by atoms with Crippen molar-refractivity contribution in [2.75, 3.05) is 7.11 Å². The van der Waals surface area contributed by atoms with Gasteiger partial charge in [-0.05, 0) is 60.4 Å². The molecule has 5 nitrogen and oxygen atoms in total. The molecule has 0 N–H and O–H groups in total. The first-order valence-electron chi connectivity index (χ1n) is 10.7. The SMILES string of the molecule is COc1ccc(C=C2CCn3c2nc(=O)c2ccccc23)cc1OCc1ccc(C)cc1. The van der Waals surface area contributed by atoms with Crippen LogP contribution in [0.2, 0.25) is 0 Å². The maximum atomic E-state index is 12.5. The van der Waals surface area contributed by atoms with Crippen LogP contribution in [0.4, 0.5) is 0 Å². The van der Waals surface area contributed by atoms with Crippen LogP contribution in [0.25, 0.3) is 22.6 Å². The summed E-state index contributed by atoms with van der Waals surface area (Å²) >= 11 is 0. The summed E-state index contributed by atoms with van der Waals surface area (Å²) in [6.45, 7) is 3.34. The fourth-order valence-electron chi connectivity index (χ4n) is 4.12. The van der Waals surface area contributed by atoms with Gasteiger partial charge in [0.05, 0.1) is 18.0 Å². The van der Waals surface area contributed by atoms with Crippen LogP contribution in [0, 0.1) is 6.92 Å². The molecule has 32 heavy (non-hydrogen) atoms. The second-order valence-corrected chi connectivity index (χ2v) is 8.01. The summed E-state index contributed by atoms with van der Waals surface area (Å²) in [6, 6.07) is 21.8. The van der Waals surface area contributed by atoms with Crippen molar-refractivity contribution in [1.82, 2.24) is 9.55 Å². The van der Waals surface area contributed by atoms with Crippen LogP contribution < -0.4 is 15.0 Å². The first-order chi connectivity index (χ1) is 15.6. The summed E-state index contributed by atoms with van der Waals surface area (Å²) in [6.07, 6.45) is 2.91. The highest BCUT2D eigenvalue weighted by Crippen LogP contribution is 2.33. The number of allylic oxidation sites excluding steroid dienone is 1. The Kier molecular flexibility index (Phi) is 5.23. The van der Waals surface area contributed by atoms with Crippen molar-refractivity contribution in [3.63, 3.8) is 0 Å². The van der Waals surface area contributed by atoms with Crippen molar-refractivity contribution in [2.24, 2.45) is 0 Å². The number of hydrogen-bond acceptors (Lipinski definition) is 4. The molecule has 0 bridgehead atoms. The van der Waals surface area contributed by atoms with Crippen LogP contribution in [-0.4, -0.2) is 16.7 Å². The van der Waals surface area contributed by atoms with Gasteiger partial charge in [-0.25, -0.2) is 0 Å². The zero-order valence-corrected chi connectivity index (χ0v) is 18.2. The van der Waals surface area contributed by atoms with E-state index in [2.05, 4.69) is 46.8 Å². The molecule has 0 unspecified atom stereocenters. The first-order valence-corrected chi connectivity index (χ1v) is 10.7. The van der Waals surface area contributed by atoms with E-state index >= 15 is 0 Å². The summed E-state index contributed by atoms with van der Waals surface area (Å²) in [4.78, 5) is 16.9. The summed E-state index contributed by atoms with van der Waals surface area (Å²) in [5.41, 5.74) is 5.09. The molecule has 0 saturated carbocycles. The molecule has 3 aromatic carbocycles. The minimum Gasteiger partial charge on any atom is -0.493 e. The molecule has 1 aliphatic heterocycles. The number of para-hydroxylation sites is 1. The summed E-state index contributed by atoms with van der Waals surface area (Å²) in [5.74, 6) is 2.11. The van der Waals surface area contributed by atoms with Crippen LogP contribution in [0.5, 0.6) is 11.5 Å². The molecule has 0 spiro atoms. The topological polar surface area (TPSA) is 53.4 Å². The second-order valence-electron chi connectivity index (χ2n) is 8.01. The minimum absolute atomic E-state index is 0.184. The third-order valence-corrected chi connectivity index (χ3v) is 5.82. The Morgan fingerprint density at radius 2 is 1.84 bits per heavy atom. The number of aromatic nitrogens is 2. The van der Waals surface area contributed by atoms with Gasteiger partial charge < -0.3 is 14.0 Å². The summed E-state index contributed by atoms with van der Waals surface area (Å²) in [5, 5.41) is 0.661.